The highest BCUT2D eigenvalue weighted by Gasteiger charge is 2.30. The van der Waals surface area contributed by atoms with Crippen molar-refractivity contribution in [3.05, 3.63) is 78.0 Å². The fourth-order valence-electron chi connectivity index (χ4n) is 3.84. The van der Waals surface area contributed by atoms with Gasteiger partial charge in [-0.3, -0.25) is 9.62 Å². The molecular formula is C24H25F3N4O3S. The van der Waals surface area contributed by atoms with Crippen molar-refractivity contribution < 1.29 is 26.3 Å². The Bertz CT molecular complexity index is 1240. The zero-order valence-electron chi connectivity index (χ0n) is 19.0. The SMILES string of the molecule is COc1ccc(S(=O)(=O)Nc2ccc(N3CCN(Cc4cccc(C(F)(F)F)c4)CC3)nc2)cc1. The maximum absolute atomic E-state index is 12.9. The largest absolute Gasteiger partial charge is 0.497 e. The Morgan fingerprint density at radius 3 is 2.31 bits per heavy atom. The molecule has 2 aromatic carbocycles. The summed E-state index contributed by atoms with van der Waals surface area (Å²) < 4.78 is 71.6. The number of nitrogens with one attached hydrogen (secondary N) is 1. The molecule has 4 rings (SSSR count). The zero-order valence-corrected chi connectivity index (χ0v) is 19.8. The number of nitrogens with zero attached hydrogens (tertiary/aromatic N) is 3. The average molecular weight is 507 g/mol. The Hall–Kier alpha value is -3.31. The molecule has 1 aliphatic heterocycles. The lowest BCUT2D eigenvalue weighted by molar-refractivity contribution is -0.137. The number of halogens is 3. The molecule has 1 saturated heterocycles. The minimum absolute atomic E-state index is 0.110. The summed E-state index contributed by atoms with van der Waals surface area (Å²) in [5, 5.41) is 0. The second kappa shape index (κ2) is 10.1. The highest BCUT2D eigenvalue weighted by atomic mass is 32.2. The molecule has 1 aliphatic rings. The van der Waals surface area contributed by atoms with Gasteiger partial charge >= 0.3 is 6.18 Å². The van der Waals surface area contributed by atoms with E-state index in [-0.39, 0.29) is 4.90 Å². The van der Waals surface area contributed by atoms with Gasteiger partial charge in [0.25, 0.3) is 10.0 Å². The van der Waals surface area contributed by atoms with E-state index < -0.39 is 21.8 Å². The predicted octanol–water partition coefficient (Wildman–Crippen LogP) is 4.23. The Balaban J connectivity index is 1.33. The maximum Gasteiger partial charge on any atom is 0.416 e. The topological polar surface area (TPSA) is 74.8 Å². The predicted molar refractivity (Wildman–Crippen MR) is 127 cm³/mol. The van der Waals surface area contributed by atoms with Crippen LogP contribution in [0.3, 0.4) is 0 Å². The van der Waals surface area contributed by atoms with E-state index in [0.29, 0.717) is 55.5 Å². The van der Waals surface area contributed by atoms with Gasteiger partial charge in [-0.1, -0.05) is 18.2 Å². The zero-order chi connectivity index (χ0) is 25.1. The Morgan fingerprint density at radius 2 is 1.71 bits per heavy atom. The highest BCUT2D eigenvalue weighted by Crippen LogP contribution is 2.30. The lowest BCUT2D eigenvalue weighted by Gasteiger charge is -2.35. The van der Waals surface area contributed by atoms with Gasteiger partial charge in [0, 0.05) is 32.7 Å². The van der Waals surface area contributed by atoms with Crippen LogP contribution in [0.4, 0.5) is 24.7 Å². The molecule has 0 unspecified atom stereocenters. The van der Waals surface area contributed by atoms with E-state index in [4.69, 9.17) is 4.74 Å². The normalized spacial score (nSPS) is 15.1. The first-order valence-corrected chi connectivity index (χ1v) is 12.4. The molecule has 3 aromatic rings. The van der Waals surface area contributed by atoms with Gasteiger partial charge in [0.05, 0.1) is 29.5 Å². The number of sulfonamides is 1. The number of aromatic nitrogens is 1. The monoisotopic (exact) mass is 506 g/mol. The van der Waals surface area contributed by atoms with Gasteiger partial charge in [0.2, 0.25) is 0 Å². The number of piperazine rings is 1. The molecule has 0 amide bonds. The quantitative estimate of drug-likeness (QED) is 0.517. The van der Waals surface area contributed by atoms with E-state index in [1.165, 1.54) is 37.6 Å². The molecule has 2 heterocycles. The van der Waals surface area contributed by atoms with E-state index in [2.05, 4.69) is 19.5 Å². The van der Waals surface area contributed by atoms with Gasteiger partial charge in [-0.05, 0) is 48.0 Å². The first-order valence-electron chi connectivity index (χ1n) is 10.9. The number of anilines is 2. The smallest absolute Gasteiger partial charge is 0.416 e. The number of hydrogen-bond acceptors (Lipinski definition) is 6. The molecule has 1 N–H and O–H groups in total. The van der Waals surface area contributed by atoms with Crippen LogP contribution in [0.15, 0.2) is 71.8 Å². The highest BCUT2D eigenvalue weighted by molar-refractivity contribution is 7.92. The van der Waals surface area contributed by atoms with E-state index in [1.807, 2.05) is 0 Å². The van der Waals surface area contributed by atoms with Crippen molar-refractivity contribution in [2.45, 2.75) is 17.6 Å². The van der Waals surface area contributed by atoms with Crippen LogP contribution in [0, 0.1) is 0 Å². The lowest BCUT2D eigenvalue weighted by Crippen LogP contribution is -2.46. The number of ether oxygens (including phenoxy) is 1. The van der Waals surface area contributed by atoms with Gasteiger partial charge in [0.15, 0.2) is 0 Å². The van der Waals surface area contributed by atoms with Crippen molar-refractivity contribution in [3.63, 3.8) is 0 Å². The minimum Gasteiger partial charge on any atom is -0.497 e. The molecule has 7 nitrogen and oxygen atoms in total. The molecule has 1 aromatic heterocycles. The number of benzene rings is 2. The Morgan fingerprint density at radius 1 is 1.00 bits per heavy atom. The van der Waals surface area contributed by atoms with Crippen molar-refractivity contribution >= 4 is 21.5 Å². The lowest BCUT2D eigenvalue weighted by atomic mass is 10.1. The van der Waals surface area contributed by atoms with Gasteiger partial charge in [-0.25, -0.2) is 13.4 Å². The Labute approximate surface area is 202 Å². The standard InChI is InChI=1S/C24H25F3N4O3S/c1-34-21-6-8-22(9-7-21)35(32,33)29-20-5-10-23(28-16-20)31-13-11-30(12-14-31)17-18-3-2-4-19(15-18)24(25,26)27/h2-10,15-16,29H,11-14,17H2,1H3. The number of methoxy groups -OCH3 is 1. The van der Waals surface area contributed by atoms with Crippen LogP contribution in [0.5, 0.6) is 5.75 Å². The molecule has 11 heteroatoms. The van der Waals surface area contributed by atoms with E-state index >= 15 is 0 Å². The van der Waals surface area contributed by atoms with Crippen molar-refractivity contribution in [1.82, 2.24) is 9.88 Å². The van der Waals surface area contributed by atoms with E-state index in [0.717, 1.165) is 6.07 Å². The summed E-state index contributed by atoms with van der Waals surface area (Å²) in [4.78, 5) is 8.66. The summed E-state index contributed by atoms with van der Waals surface area (Å²) in [6.45, 7) is 3.09. The third kappa shape index (κ3) is 6.23. The fourth-order valence-corrected chi connectivity index (χ4v) is 4.89. The van der Waals surface area contributed by atoms with Gasteiger partial charge in [-0.2, -0.15) is 13.2 Å². The number of rotatable bonds is 7. The van der Waals surface area contributed by atoms with E-state index in [1.54, 1.807) is 30.3 Å². The van der Waals surface area contributed by atoms with Crippen LogP contribution in [0.2, 0.25) is 0 Å². The fraction of sp³-hybridized carbons (Fsp3) is 0.292. The maximum atomic E-state index is 12.9. The minimum atomic E-state index is -4.35. The Kier molecular flexibility index (Phi) is 7.18. The number of pyridine rings is 1. The second-order valence-electron chi connectivity index (χ2n) is 8.15. The molecule has 0 aliphatic carbocycles. The molecule has 35 heavy (non-hydrogen) atoms. The first kappa shape index (κ1) is 24.8. The summed E-state index contributed by atoms with van der Waals surface area (Å²) >= 11 is 0. The summed E-state index contributed by atoms with van der Waals surface area (Å²) in [5.74, 6) is 1.26. The van der Waals surface area contributed by atoms with Crippen molar-refractivity contribution in [2.24, 2.45) is 0 Å². The summed E-state index contributed by atoms with van der Waals surface area (Å²) in [6.07, 6.45) is -2.89. The summed E-state index contributed by atoms with van der Waals surface area (Å²) in [7, 11) is -2.26. The first-order chi connectivity index (χ1) is 16.6. The van der Waals surface area contributed by atoms with Crippen LogP contribution in [-0.4, -0.2) is 51.6 Å². The molecule has 186 valence electrons. The van der Waals surface area contributed by atoms with Crippen molar-refractivity contribution in [2.75, 3.05) is 42.9 Å². The van der Waals surface area contributed by atoms with Crippen LogP contribution in [0.1, 0.15) is 11.1 Å². The molecule has 0 atom stereocenters. The molecule has 1 fully saturated rings. The summed E-state index contributed by atoms with van der Waals surface area (Å²) in [5.41, 5.74) is 0.327. The third-order valence-corrected chi connectivity index (χ3v) is 7.12. The van der Waals surface area contributed by atoms with E-state index in [9.17, 15) is 21.6 Å². The average Bonchev–Trinajstić information content (AvgIpc) is 2.84. The van der Waals surface area contributed by atoms with Crippen molar-refractivity contribution in [3.8, 4) is 5.75 Å². The number of hydrogen-bond donors (Lipinski definition) is 1. The molecule has 0 spiro atoms. The molecule has 0 saturated carbocycles. The third-order valence-electron chi connectivity index (χ3n) is 5.73. The second-order valence-corrected chi connectivity index (χ2v) is 9.83. The molecule has 0 bridgehead atoms. The van der Waals surface area contributed by atoms with Crippen LogP contribution in [-0.2, 0) is 22.7 Å². The van der Waals surface area contributed by atoms with Crippen LogP contribution in [0.25, 0.3) is 0 Å². The van der Waals surface area contributed by atoms with Gasteiger partial charge < -0.3 is 9.64 Å². The molecular weight excluding hydrogens is 481 g/mol. The van der Waals surface area contributed by atoms with Gasteiger partial charge in [-0.15, -0.1) is 0 Å². The summed E-state index contributed by atoms with van der Waals surface area (Å²) in [6, 6.07) is 14.9. The molecule has 0 radical (unpaired) electrons. The van der Waals surface area contributed by atoms with Crippen LogP contribution < -0.4 is 14.4 Å². The number of alkyl halides is 3. The van der Waals surface area contributed by atoms with Gasteiger partial charge in [0.1, 0.15) is 11.6 Å². The van der Waals surface area contributed by atoms with Crippen molar-refractivity contribution in [1.29, 1.82) is 0 Å². The van der Waals surface area contributed by atoms with Crippen LogP contribution >= 0.6 is 0 Å².